The maximum Gasteiger partial charge on any atom is 0.303 e. The molecule has 0 aliphatic rings. The van der Waals surface area contributed by atoms with Crippen LogP contribution in [0.3, 0.4) is 0 Å². The zero-order chi connectivity index (χ0) is 15.8. The number of hydrogen-bond donors (Lipinski definition) is 1. The van der Waals surface area contributed by atoms with Crippen molar-refractivity contribution in [3.05, 3.63) is 34.9 Å². The first-order valence-corrected chi connectivity index (χ1v) is 7.15. The molecule has 0 aliphatic heterocycles. The predicted molar refractivity (Wildman–Crippen MR) is 83.4 cm³/mol. The van der Waals surface area contributed by atoms with Gasteiger partial charge in [-0.3, -0.25) is 4.79 Å². The molecule has 0 radical (unpaired) electrons. The Balaban J connectivity index is 2.99. The minimum atomic E-state index is -0.817. The number of carbonyl (C=O) groups is 1. The van der Waals surface area contributed by atoms with E-state index in [4.69, 9.17) is 26.2 Å². The third-order valence-corrected chi connectivity index (χ3v) is 3.75. The second kappa shape index (κ2) is 8.57. The van der Waals surface area contributed by atoms with E-state index in [1.54, 1.807) is 20.3 Å². The van der Waals surface area contributed by atoms with Crippen LogP contribution in [0.1, 0.15) is 37.7 Å². The van der Waals surface area contributed by atoms with Gasteiger partial charge in [0.1, 0.15) is 0 Å². The third kappa shape index (κ3) is 5.31. The van der Waals surface area contributed by atoms with E-state index in [1.165, 1.54) is 5.54 Å². The van der Waals surface area contributed by atoms with Crippen LogP contribution in [0.2, 0.25) is 0 Å². The molecule has 0 heterocycles. The van der Waals surface area contributed by atoms with Crippen molar-refractivity contribution >= 4 is 17.6 Å². The predicted octanol–water partition coefficient (Wildman–Crippen LogP) is 4.18. The lowest BCUT2D eigenvalue weighted by Crippen LogP contribution is -2.07. The molecular weight excluding hydrogens is 292 g/mol. The average molecular weight is 313 g/mol. The second-order valence-electron chi connectivity index (χ2n) is 4.90. The Hall–Kier alpha value is -1.68. The molecule has 21 heavy (non-hydrogen) atoms. The number of aliphatic carboxylic acids is 1. The quantitative estimate of drug-likeness (QED) is 0.782. The zero-order valence-corrected chi connectivity index (χ0v) is 13.3. The van der Waals surface area contributed by atoms with Crippen LogP contribution in [0.25, 0.3) is 0 Å². The highest BCUT2D eigenvalue weighted by Gasteiger charge is 2.17. The lowest BCUT2D eigenvalue weighted by Gasteiger charge is -2.17. The number of rotatable bonds is 8. The van der Waals surface area contributed by atoms with Crippen LogP contribution in [0.15, 0.2) is 29.3 Å². The molecule has 0 amide bonds. The summed E-state index contributed by atoms with van der Waals surface area (Å²) in [5.74, 6) is 0.332. The summed E-state index contributed by atoms with van der Waals surface area (Å²) in [5.41, 5.74) is 3.50. The largest absolute Gasteiger partial charge is 0.493 e. The lowest BCUT2D eigenvalue weighted by atomic mass is 9.90. The van der Waals surface area contributed by atoms with E-state index < -0.39 is 5.97 Å². The number of carboxylic acid groups (broad SMARTS) is 1. The van der Waals surface area contributed by atoms with Crippen molar-refractivity contribution in [3.63, 3.8) is 0 Å². The van der Waals surface area contributed by atoms with E-state index in [0.29, 0.717) is 11.5 Å². The van der Waals surface area contributed by atoms with E-state index in [-0.39, 0.29) is 12.3 Å². The van der Waals surface area contributed by atoms with E-state index in [0.717, 1.165) is 24.0 Å². The standard InChI is InChI=1S/C16H21ClO4/c1-11(10-17)4-5-13(9-16(18)19)12-6-7-14(20-2)15(8-12)21-3/h6-8,10,13H,4-5,9H2,1-3H3,(H,18,19)/b11-10+/t13-/m1/s1. The van der Waals surface area contributed by atoms with E-state index in [1.807, 2.05) is 19.1 Å². The van der Waals surface area contributed by atoms with Crippen molar-refractivity contribution in [3.8, 4) is 11.5 Å². The summed E-state index contributed by atoms with van der Waals surface area (Å²) < 4.78 is 10.5. The molecule has 0 fully saturated rings. The fraction of sp³-hybridized carbons (Fsp3) is 0.438. The summed E-state index contributed by atoms with van der Waals surface area (Å²) in [4.78, 5) is 11.1. The number of ether oxygens (including phenoxy) is 2. The number of methoxy groups -OCH3 is 2. The Morgan fingerprint density at radius 2 is 2.00 bits per heavy atom. The van der Waals surface area contributed by atoms with Gasteiger partial charge >= 0.3 is 5.97 Å². The van der Waals surface area contributed by atoms with Crippen LogP contribution in [-0.2, 0) is 4.79 Å². The Kier molecular flexibility index (Phi) is 7.09. The maximum atomic E-state index is 11.1. The highest BCUT2D eigenvalue weighted by atomic mass is 35.5. The van der Waals surface area contributed by atoms with Crippen molar-refractivity contribution in [2.75, 3.05) is 14.2 Å². The summed E-state index contributed by atoms with van der Waals surface area (Å²) in [6, 6.07) is 5.52. The summed E-state index contributed by atoms with van der Waals surface area (Å²) in [5, 5.41) is 9.10. The summed E-state index contributed by atoms with van der Waals surface area (Å²) in [6.07, 6.45) is 1.55. The normalized spacial score (nSPS) is 12.9. The van der Waals surface area contributed by atoms with Gasteiger partial charge in [-0.1, -0.05) is 23.2 Å². The van der Waals surface area contributed by atoms with Crippen LogP contribution in [0, 0.1) is 0 Å². The van der Waals surface area contributed by atoms with Gasteiger partial charge in [0.15, 0.2) is 11.5 Å². The molecule has 0 saturated heterocycles. The van der Waals surface area contributed by atoms with Crippen molar-refractivity contribution < 1.29 is 19.4 Å². The van der Waals surface area contributed by atoms with E-state index >= 15 is 0 Å². The Morgan fingerprint density at radius 1 is 1.33 bits per heavy atom. The van der Waals surface area contributed by atoms with Gasteiger partial charge in [0, 0.05) is 5.54 Å². The first kappa shape index (κ1) is 17.4. The van der Waals surface area contributed by atoms with Crippen molar-refractivity contribution in [2.45, 2.75) is 32.1 Å². The number of hydrogen-bond acceptors (Lipinski definition) is 3. The molecule has 0 aliphatic carbocycles. The summed E-state index contributed by atoms with van der Waals surface area (Å²) >= 11 is 5.66. The SMILES string of the molecule is COc1ccc([C@H](CC/C(C)=C/Cl)CC(=O)O)cc1OC. The molecule has 5 heteroatoms. The van der Waals surface area contributed by atoms with Gasteiger partial charge in [0.25, 0.3) is 0 Å². The van der Waals surface area contributed by atoms with Gasteiger partial charge in [-0.15, -0.1) is 0 Å². The number of allylic oxidation sites excluding steroid dienone is 1. The van der Waals surface area contributed by atoms with Gasteiger partial charge in [0.05, 0.1) is 20.6 Å². The molecule has 1 aromatic rings. The van der Waals surface area contributed by atoms with Gasteiger partial charge in [-0.25, -0.2) is 0 Å². The van der Waals surface area contributed by atoms with Gasteiger partial charge in [-0.05, 0) is 43.4 Å². The highest BCUT2D eigenvalue weighted by molar-refractivity contribution is 6.25. The first-order chi connectivity index (χ1) is 10.0. The molecule has 4 nitrogen and oxygen atoms in total. The minimum Gasteiger partial charge on any atom is -0.493 e. The van der Waals surface area contributed by atoms with E-state index in [2.05, 4.69) is 0 Å². The fourth-order valence-electron chi connectivity index (χ4n) is 2.16. The average Bonchev–Trinajstić information content (AvgIpc) is 2.49. The van der Waals surface area contributed by atoms with Gasteiger partial charge < -0.3 is 14.6 Å². The molecule has 0 bridgehead atoms. The van der Waals surface area contributed by atoms with Gasteiger partial charge in [0.2, 0.25) is 0 Å². The van der Waals surface area contributed by atoms with Crippen LogP contribution in [-0.4, -0.2) is 25.3 Å². The lowest BCUT2D eigenvalue weighted by molar-refractivity contribution is -0.137. The summed E-state index contributed by atoms with van der Waals surface area (Å²) in [6.45, 7) is 1.93. The van der Waals surface area contributed by atoms with Crippen LogP contribution in [0.5, 0.6) is 11.5 Å². The highest BCUT2D eigenvalue weighted by Crippen LogP contribution is 2.34. The molecule has 0 unspecified atom stereocenters. The fourth-order valence-corrected chi connectivity index (χ4v) is 2.27. The Morgan fingerprint density at radius 3 is 2.52 bits per heavy atom. The Labute approximate surface area is 130 Å². The molecule has 1 aromatic carbocycles. The zero-order valence-electron chi connectivity index (χ0n) is 12.6. The number of halogens is 1. The topological polar surface area (TPSA) is 55.8 Å². The Bertz CT molecular complexity index is 511. The molecule has 0 aromatic heterocycles. The molecule has 1 rings (SSSR count). The molecule has 0 saturated carbocycles. The van der Waals surface area contributed by atoms with Crippen molar-refractivity contribution in [2.24, 2.45) is 0 Å². The smallest absolute Gasteiger partial charge is 0.303 e. The molecule has 1 N–H and O–H groups in total. The van der Waals surface area contributed by atoms with Crippen LogP contribution in [0.4, 0.5) is 0 Å². The maximum absolute atomic E-state index is 11.1. The van der Waals surface area contributed by atoms with E-state index in [9.17, 15) is 4.79 Å². The third-order valence-electron chi connectivity index (χ3n) is 3.37. The monoisotopic (exact) mass is 312 g/mol. The second-order valence-corrected chi connectivity index (χ2v) is 5.12. The minimum absolute atomic E-state index is 0.0745. The number of benzene rings is 1. The summed E-state index contributed by atoms with van der Waals surface area (Å²) in [7, 11) is 3.13. The van der Waals surface area contributed by atoms with Crippen LogP contribution >= 0.6 is 11.6 Å². The molecular formula is C16H21ClO4. The van der Waals surface area contributed by atoms with Gasteiger partial charge in [-0.2, -0.15) is 0 Å². The van der Waals surface area contributed by atoms with Crippen LogP contribution < -0.4 is 9.47 Å². The first-order valence-electron chi connectivity index (χ1n) is 6.71. The van der Waals surface area contributed by atoms with Crippen molar-refractivity contribution in [1.29, 1.82) is 0 Å². The molecule has 116 valence electrons. The molecule has 1 atom stereocenters. The van der Waals surface area contributed by atoms with Crippen molar-refractivity contribution in [1.82, 2.24) is 0 Å². The number of carboxylic acids is 1. The molecule has 0 spiro atoms.